The minimum atomic E-state index is 1.11. The fourth-order valence-electron chi connectivity index (χ4n) is 3.23. The van der Waals surface area contributed by atoms with Crippen LogP contribution in [0, 0.1) is 6.92 Å². The molecule has 0 unspecified atom stereocenters. The lowest BCUT2D eigenvalue weighted by molar-refractivity contribution is 0.630. The molecule has 1 aromatic carbocycles. The normalized spacial score (nSPS) is 15.4. The van der Waals surface area contributed by atoms with Gasteiger partial charge in [0.15, 0.2) is 0 Å². The highest BCUT2D eigenvalue weighted by Gasteiger charge is 2.19. The maximum atomic E-state index is 2.52. The minimum Gasteiger partial charge on any atom is -0.345 e. The summed E-state index contributed by atoms with van der Waals surface area (Å²) in [7, 11) is 0. The van der Waals surface area contributed by atoms with E-state index in [9.17, 15) is 0 Å². The largest absolute Gasteiger partial charge is 0.345 e. The van der Waals surface area contributed by atoms with Crippen LogP contribution in [0.1, 0.15) is 36.6 Å². The third-order valence-electron chi connectivity index (χ3n) is 3.92. The van der Waals surface area contributed by atoms with Gasteiger partial charge in [-0.25, -0.2) is 0 Å². The fourth-order valence-corrected chi connectivity index (χ4v) is 3.23. The van der Waals surface area contributed by atoms with Crippen molar-refractivity contribution < 1.29 is 0 Å². The van der Waals surface area contributed by atoms with Crippen LogP contribution in [-0.2, 0) is 19.4 Å². The Morgan fingerprint density at radius 3 is 2.81 bits per heavy atom. The van der Waals surface area contributed by atoms with Gasteiger partial charge >= 0.3 is 0 Å². The van der Waals surface area contributed by atoms with Crippen LogP contribution in [0.5, 0.6) is 0 Å². The van der Waals surface area contributed by atoms with Gasteiger partial charge in [0.05, 0.1) is 0 Å². The van der Waals surface area contributed by atoms with Gasteiger partial charge in [-0.1, -0.05) is 12.1 Å². The molecule has 16 heavy (non-hydrogen) atoms. The summed E-state index contributed by atoms with van der Waals surface area (Å²) in [6.45, 7) is 5.61. The van der Waals surface area contributed by atoms with Crippen molar-refractivity contribution in [1.82, 2.24) is 4.57 Å². The Bertz CT molecular complexity index is 534. The highest BCUT2D eigenvalue weighted by Crippen LogP contribution is 2.33. The average Bonchev–Trinajstić information content (AvgIpc) is 2.64. The first-order valence-electron chi connectivity index (χ1n) is 6.42. The number of fused-ring (bicyclic) bond motifs is 3. The molecule has 0 saturated carbocycles. The molecule has 1 aromatic heterocycles. The molecule has 2 aromatic rings. The zero-order chi connectivity index (χ0) is 11.1. The van der Waals surface area contributed by atoms with Crippen LogP contribution in [0.2, 0.25) is 0 Å². The molecular formula is C15H19N. The first-order chi connectivity index (χ1) is 7.83. The molecule has 0 atom stereocenters. The van der Waals surface area contributed by atoms with E-state index in [0.29, 0.717) is 0 Å². The molecule has 0 bridgehead atoms. The second-order valence-electron chi connectivity index (χ2n) is 4.85. The van der Waals surface area contributed by atoms with E-state index in [1.54, 1.807) is 16.6 Å². The van der Waals surface area contributed by atoms with Gasteiger partial charge in [-0.3, -0.25) is 0 Å². The summed E-state index contributed by atoms with van der Waals surface area (Å²) in [4.78, 5) is 0. The third-order valence-corrected chi connectivity index (χ3v) is 3.92. The quantitative estimate of drug-likeness (QED) is 0.678. The van der Waals surface area contributed by atoms with E-state index in [0.717, 1.165) is 6.54 Å². The topological polar surface area (TPSA) is 4.93 Å². The van der Waals surface area contributed by atoms with Crippen molar-refractivity contribution in [2.45, 2.75) is 46.1 Å². The van der Waals surface area contributed by atoms with E-state index < -0.39 is 0 Å². The number of hydrogen-bond acceptors (Lipinski definition) is 0. The van der Waals surface area contributed by atoms with Crippen LogP contribution in [0.25, 0.3) is 10.9 Å². The first kappa shape index (κ1) is 9.95. The standard InChI is InChI=1S/C15H19N/c1-3-16-13-9-5-4-8-12(13)15-11(2)7-6-10-14(15)16/h6-7,10H,3-5,8-9H2,1-2H3. The van der Waals surface area contributed by atoms with Gasteiger partial charge in [-0.05, 0) is 56.7 Å². The summed E-state index contributed by atoms with van der Waals surface area (Å²) in [5.74, 6) is 0. The molecule has 0 saturated heterocycles. The van der Waals surface area contributed by atoms with Gasteiger partial charge in [0.25, 0.3) is 0 Å². The van der Waals surface area contributed by atoms with Gasteiger partial charge in [0.1, 0.15) is 0 Å². The lowest BCUT2D eigenvalue weighted by atomic mass is 9.94. The average molecular weight is 213 g/mol. The molecule has 1 heteroatoms. The first-order valence-corrected chi connectivity index (χ1v) is 6.42. The summed E-state index contributed by atoms with van der Waals surface area (Å²) in [6.07, 6.45) is 5.29. The summed E-state index contributed by atoms with van der Waals surface area (Å²) >= 11 is 0. The van der Waals surface area contributed by atoms with Crippen LogP contribution < -0.4 is 0 Å². The molecular weight excluding hydrogens is 194 g/mol. The Morgan fingerprint density at radius 2 is 2.00 bits per heavy atom. The molecule has 3 rings (SSSR count). The molecule has 1 aliphatic carbocycles. The van der Waals surface area contributed by atoms with Crippen LogP contribution >= 0.6 is 0 Å². The Kier molecular flexibility index (Phi) is 2.27. The van der Waals surface area contributed by atoms with Crippen molar-refractivity contribution in [2.24, 2.45) is 0 Å². The number of hydrogen-bond donors (Lipinski definition) is 0. The minimum absolute atomic E-state index is 1.11. The molecule has 1 nitrogen and oxygen atoms in total. The highest BCUT2D eigenvalue weighted by molar-refractivity contribution is 5.88. The van der Waals surface area contributed by atoms with Gasteiger partial charge in [0, 0.05) is 23.1 Å². The summed E-state index contributed by atoms with van der Waals surface area (Å²) in [5.41, 5.74) is 6.15. The van der Waals surface area contributed by atoms with Crippen molar-refractivity contribution in [2.75, 3.05) is 0 Å². The molecule has 0 radical (unpaired) electrons. The van der Waals surface area contributed by atoms with Crippen molar-refractivity contribution >= 4 is 10.9 Å². The van der Waals surface area contributed by atoms with Crippen LogP contribution in [0.15, 0.2) is 18.2 Å². The second-order valence-corrected chi connectivity index (χ2v) is 4.85. The SMILES string of the molecule is CCn1c2c(c3c(C)cccc31)CCCC2. The van der Waals surface area contributed by atoms with Crippen molar-refractivity contribution in [3.63, 3.8) is 0 Å². The smallest absolute Gasteiger partial charge is 0.0487 e. The van der Waals surface area contributed by atoms with E-state index >= 15 is 0 Å². The van der Waals surface area contributed by atoms with Crippen molar-refractivity contribution in [3.8, 4) is 0 Å². The van der Waals surface area contributed by atoms with Gasteiger partial charge in [-0.15, -0.1) is 0 Å². The summed E-state index contributed by atoms with van der Waals surface area (Å²) in [6, 6.07) is 6.72. The molecule has 1 aliphatic rings. The lowest BCUT2D eigenvalue weighted by Gasteiger charge is -2.14. The summed E-state index contributed by atoms with van der Waals surface area (Å²) in [5, 5.41) is 1.54. The maximum absolute atomic E-state index is 2.52. The number of aryl methyl sites for hydroxylation is 3. The molecule has 0 spiro atoms. The van der Waals surface area contributed by atoms with Gasteiger partial charge in [0.2, 0.25) is 0 Å². The number of benzene rings is 1. The van der Waals surface area contributed by atoms with E-state index in [1.807, 2.05) is 0 Å². The summed E-state index contributed by atoms with van der Waals surface area (Å²) < 4.78 is 2.52. The Morgan fingerprint density at radius 1 is 1.19 bits per heavy atom. The van der Waals surface area contributed by atoms with Crippen LogP contribution in [0.3, 0.4) is 0 Å². The van der Waals surface area contributed by atoms with Crippen molar-refractivity contribution in [3.05, 3.63) is 35.0 Å². The molecule has 84 valence electrons. The maximum Gasteiger partial charge on any atom is 0.0487 e. The predicted molar refractivity (Wildman–Crippen MR) is 69.0 cm³/mol. The van der Waals surface area contributed by atoms with E-state index in [1.165, 1.54) is 36.8 Å². The number of aromatic nitrogens is 1. The highest BCUT2D eigenvalue weighted by atomic mass is 15.0. The molecule has 0 amide bonds. The number of nitrogens with zero attached hydrogens (tertiary/aromatic N) is 1. The Hall–Kier alpha value is -1.24. The zero-order valence-corrected chi connectivity index (χ0v) is 10.2. The second kappa shape index (κ2) is 3.65. The molecule has 0 aliphatic heterocycles. The van der Waals surface area contributed by atoms with E-state index in [4.69, 9.17) is 0 Å². The monoisotopic (exact) mass is 213 g/mol. The van der Waals surface area contributed by atoms with Crippen molar-refractivity contribution in [1.29, 1.82) is 0 Å². The lowest BCUT2D eigenvalue weighted by Crippen LogP contribution is -2.07. The third kappa shape index (κ3) is 1.24. The Labute approximate surface area is 97.1 Å². The zero-order valence-electron chi connectivity index (χ0n) is 10.2. The van der Waals surface area contributed by atoms with E-state index in [-0.39, 0.29) is 0 Å². The van der Waals surface area contributed by atoms with Gasteiger partial charge in [-0.2, -0.15) is 0 Å². The van der Waals surface area contributed by atoms with Crippen LogP contribution in [-0.4, -0.2) is 4.57 Å². The predicted octanol–water partition coefficient (Wildman–Crippen LogP) is 3.85. The van der Waals surface area contributed by atoms with E-state index in [2.05, 4.69) is 36.6 Å². The fraction of sp³-hybridized carbons (Fsp3) is 0.467. The number of rotatable bonds is 1. The molecule has 0 fully saturated rings. The molecule has 0 N–H and O–H groups in total. The van der Waals surface area contributed by atoms with Crippen LogP contribution in [0.4, 0.5) is 0 Å². The molecule has 1 heterocycles. The van der Waals surface area contributed by atoms with Gasteiger partial charge < -0.3 is 4.57 Å². The Balaban J connectivity index is 2.42.